The molecule has 2 rings (SSSR count). The van der Waals surface area contributed by atoms with Crippen LogP contribution in [0.2, 0.25) is 0 Å². The van der Waals surface area contributed by atoms with E-state index in [4.69, 9.17) is 28.0 Å². The van der Waals surface area contributed by atoms with Crippen LogP contribution in [0.15, 0.2) is 36.4 Å². The zero-order valence-corrected chi connectivity index (χ0v) is 11.3. The molecule has 1 heterocycles. The van der Waals surface area contributed by atoms with E-state index in [1.165, 1.54) is 0 Å². The quantitative estimate of drug-likeness (QED) is 0.337. The number of nitrogens with zero attached hydrogens (tertiary/aromatic N) is 1. The maximum atomic E-state index is 10.8. The summed E-state index contributed by atoms with van der Waals surface area (Å²) in [5.74, 6) is 0.362. The lowest BCUT2D eigenvalue weighted by molar-refractivity contribution is -0.114. The Balaban J connectivity index is 0.000000235. The van der Waals surface area contributed by atoms with Gasteiger partial charge in [-0.2, -0.15) is 0 Å². The molecule has 8 nitrogen and oxygen atoms in total. The summed E-state index contributed by atoms with van der Waals surface area (Å²) in [4.78, 5) is 14.7. The van der Waals surface area contributed by atoms with Crippen LogP contribution < -0.4 is 28.3 Å². The zero-order valence-electron chi connectivity index (χ0n) is 11.3. The molecule has 0 aliphatic carbocycles. The van der Waals surface area contributed by atoms with E-state index >= 15 is 0 Å². The summed E-state index contributed by atoms with van der Waals surface area (Å²) in [5.41, 5.74) is 22.0. The summed E-state index contributed by atoms with van der Waals surface area (Å²) in [6.07, 6.45) is 0. The monoisotopic (exact) mass is 290 g/mol. The lowest BCUT2D eigenvalue weighted by Gasteiger charge is -2.04. The van der Waals surface area contributed by atoms with Crippen molar-refractivity contribution in [3.8, 4) is 5.75 Å². The maximum Gasteiger partial charge on any atom is 0.239 e. The number of pyridine rings is 1. The van der Waals surface area contributed by atoms with E-state index in [1.54, 1.807) is 36.4 Å². The van der Waals surface area contributed by atoms with Gasteiger partial charge >= 0.3 is 0 Å². The number of nitrogens with two attached hydrogens (primary N) is 4. The van der Waals surface area contributed by atoms with Gasteiger partial charge in [-0.05, 0) is 24.3 Å². The molecule has 1 amide bonds. The van der Waals surface area contributed by atoms with Crippen molar-refractivity contribution in [1.29, 1.82) is 0 Å². The molecular weight excluding hydrogens is 272 g/mol. The average molecular weight is 290 g/mol. The number of phenolic OH excluding ortho intramolecular Hbond substituents is 1. The van der Waals surface area contributed by atoms with Crippen LogP contribution in [0.5, 0.6) is 5.75 Å². The number of anilines is 4. The Hall–Kier alpha value is -3.00. The van der Waals surface area contributed by atoms with Crippen molar-refractivity contribution < 1.29 is 9.90 Å². The number of hydrogen-bond acceptors (Lipinski definition) is 7. The van der Waals surface area contributed by atoms with Crippen molar-refractivity contribution in [3.63, 3.8) is 0 Å². The Kier molecular flexibility index (Phi) is 5.78. The Bertz CT molecular complexity index is 596. The standard InChI is InChI=1S/C7H11N5O.C6H7NO/c8-3-6(13)11-5-2-1-4(9)7(10)12-5;7-5-3-1-2-4-6(5)8/h1-2H,3,8-9H2,(H3,10,11,12,13);1-4,8H,7H2. The van der Waals surface area contributed by atoms with E-state index < -0.39 is 0 Å². The van der Waals surface area contributed by atoms with Crippen LogP contribution in [0.3, 0.4) is 0 Å². The molecular formula is C13H18N6O2. The van der Waals surface area contributed by atoms with Gasteiger partial charge in [0.1, 0.15) is 17.4 Å². The SMILES string of the molecule is NCC(=O)Nc1ccc(N)c(N)n1.Nc1ccccc1O. The van der Waals surface area contributed by atoms with Gasteiger partial charge in [-0.25, -0.2) is 4.98 Å². The number of rotatable bonds is 2. The fourth-order valence-electron chi connectivity index (χ4n) is 1.24. The molecule has 0 aliphatic heterocycles. The third-order valence-corrected chi connectivity index (χ3v) is 2.35. The van der Waals surface area contributed by atoms with Crippen LogP contribution in [0.25, 0.3) is 0 Å². The topological polar surface area (TPSA) is 166 Å². The average Bonchev–Trinajstić information content (AvgIpc) is 2.47. The smallest absolute Gasteiger partial charge is 0.239 e. The number of carbonyl (C=O) groups is 1. The predicted molar refractivity (Wildman–Crippen MR) is 83.3 cm³/mol. The molecule has 112 valence electrons. The molecule has 2 aromatic rings. The van der Waals surface area contributed by atoms with Crippen molar-refractivity contribution in [2.24, 2.45) is 5.73 Å². The summed E-state index contributed by atoms with van der Waals surface area (Å²) in [6, 6.07) is 9.82. The van der Waals surface area contributed by atoms with E-state index in [0.717, 1.165) is 0 Å². The summed E-state index contributed by atoms with van der Waals surface area (Å²) in [5, 5.41) is 11.2. The van der Waals surface area contributed by atoms with Gasteiger partial charge in [0.2, 0.25) is 5.91 Å². The van der Waals surface area contributed by atoms with E-state index in [0.29, 0.717) is 17.2 Å². The Labute approximate surface area is 121 Å². The number of amides is 1. The minimum Gasteiger partial charge on any atom is -0.506 e. The molecule has 1 aromatic carbocycles. The van der Waals surface area contributed by atoms with Gasteiger partial charge in [-0.15, -0.1) is 0 Å². The van der Waals surface area contributed by atoms with Crippen molar-refractivity contribution >= 4 is 28.9 Å². The number of carbonyl (C=O) groups excluding carboxylic acids is 1. The van der Waals surface area contributed by atoms with Crippen LogP contribution in [-0.4, -0.2) is 22.5 Å². The lowest BCUT2D eigenvalue weighted by Crippen LogP contribution is -2.22. The Morgan fingerprint density at radius 1 is 1.10 bits per heavy atom. The fourth-order valence-corrected chi connectivity index (χ4v) is 1.24. The Morgan fingerprint density at radius 3 is 2.24 bits per heavy atom. The summed E-state index contributed by atoms with van der Waals surface area (Å²) < 4.78 is 0. The first kappa shape index (κ1) is 16.1. The van der Waals surface area contributed by atoms with E-state index in [2.05, 4.69) is 10.3 Å². The number of phenols is 1. The minimum absolute atomic E-state index is 0.0913. The number of aromatic nitrogens is 1. The van der Waals surface area contributed by atoms with Gasteiger partial charge in [0, 0.05) is 0 Å². The number of hydrogen-bond donors (Lipinski definition) is 6. The molecule has 0 atom stereocenters. The molecule has 0 unspecified atom stereocenters. The first-order valence-corrected chi connectivity index (χ1v) is 5.99. The first-order chi connectivity index (χ1) is 9.93. The van der Waals surface area contributed by atoms with E-state index in [1.807, 2.05) is 0 Å². The minimum atomic E-state index is -0.323. The van der Waals surface area contributed by atoms with E-state index in [-0.39, 0.29) is 24.0 Å². The molecule has 21 heavy (non-hydrogen) atoms. The molecule has 0 aliphatic rings. The zero-order chi connectivity index (χ0) is 15.8. The summed E-state index contributed by atoms with van der Waals surface area (Å²) in [6.45, 7) is -0.0913. The fraction of sp³-hybridized carbons (Fsp3) is 0.0769. The molecule has 0 saturated heterocycles. The second-order valence-electron chi connectivity index (χ2n) is 3.98. The van der Waals surface area contributed by atoms with Crippen LogP contribution >= 0.6 is 0 Å². The third kappa shape index (κ3) is 5.25. The van der Waals surface area contributed by atoms with Crippen molar-refractivity contribution in [1.82, 2.24) is 4.98 Å². The highest BCUT2D eigenvalue weighted by Gasteiger charge is 2.02. The number of para-hydroxylation sites is 2. The van der Waals surface area contributed by atoms with Gasteiger partial charge in [-0.3, -0.25) is 4.79 Å². The van der Waals surface area contributed by atoms with Crippen LogP contribution in [0, 0.1) is 0 Å². The highest BCUT2D eigenvalue weighted by molar-refractivity contribution is 5.91. The second kappa shape index (κ2) is 7.56. The normalized spacial score (nSPS) is 9.38. The van der Waals surface area contributed by atoms with Crippen molar-refractivity contribution in [2.45, 2.75) is 0 Å². The third-order valence-electron chi connectivity index (χ3n) is 2.35. The van der Waals surface area contributed by atoms with E-state index in [9.17, 15) is 4.79 Å². The molecule has 0 bridgehead atoms. The van der Waals surface area contributed by atoms with Crippen molar-refractivity contribution in [3.05, 3.63) is 36.4 Å². The molecule has 8 heteroatoms. The molecule has 10 N–H and O–H groups in total. The predicted octanol–water partition coefficient (Wildman–Crippen LogP) is 0.118. The van der Waals surface area contributed by atoms with Crippen molar-refractivity contribution in [2.75, 3.05) is 29.1 Å². The summed E-state index contributed by atoms with van der Waals surface area (Å²) >= 11 is 0. The molecule has 0 fully saturated rings. The number of benzene rings is 1. The molecule has 0 spiro atoms. The summed E-state index contributed by atoms with van der Waals surface area (Å²) in [7, 11) is 0. The molecule has 0 radical (unpaired) electrons. The number of aromatic hydroxyl groups is 1. The number of nitrogen functional groups attached to an aromatic ring is 3. The molecule has 0 saturated carbocycles. The van der Waals surface area contributed by atoms with Gasteiger partial charge in [0.25, 0.3) is 0 Å². The first-order valence-electron chi connectivity index (χ1n) is 5.99. The molecule has 1 aromatic heterocycles. The number of nitrogens with one attached hydrogen (secondary N) is 1. The highest BCUT2D eigenvalue weighted by Crippen LogP contribution is 2.16. The largest absolute Gasteiger partial charge is 0.506 e. The van der Waals surface area contributed by atoms with Gasteiger partial charge in [0.05, 0.1) is 17.9 Å². The highest BCUT2D eigenvalue weighted by atomic mass is 16.3. The van der Waals surface area contributed by atoms with Crippen LogP contribution in [0.4, 0.5) is 23.0 Å². The maximum absolute atomic E-state index is 10.8. The van der Waals surface area contributed by atoms with Crippen LogP contribution in [-0.2, 0) is 4.79 Å². The van der Waals surface area contributed by atoms with Gasteiger partial charge < -0.3 is 33.4 Å². The lowest BCUT2D eigenvalue weighted by atomic mass is 10.3. The Morgan fingerprint density at radius 2 is 1.76 bits per heavy atom. The van der Waals surface area contributed by atoms with Gasteiger partial charge in [0.15, 0.2) is 0 Å². The second-order valence-corrected chi connectivity index (χ2v) is 3.98. The van der Waals surface area contributed by atoms with Gasteiger partial charge in [-0.1, -0.05) is 12.1 Å². The van der Waals surface area contributed by atoms with Crippen LogP contribution in [0.1, 0.15) is 0 Å².